The van der Waals surface area contributed by atoms with Crippen LogP contribution in [0.3, 0.4) is 0 Å². The summed E-state index contributed by atoms with van der Waals surface area (Å²) in [5, 5.41) is 11.3. The topological polar surface area (TPSA) is 80.0 Å². The van der Waals surface area contributed by atoms with Gasteiger partial charge in [-0.05, 0) is 59.9 Å². The second-order valence-electron chi connectivity index (χ2n) is 9.28. The Morgan fingerprint density at radius 3 is 2.56 bits per heavy atom. The zero-order valence-corrected chi connectivity index (χ0v) is 19.4. The number of rotatable bonds is 5. The number of amides is 1. The van der Waals surface area contributed by atoms with Crippen LogP contribution in [0, 0.1) is 0 Å². The van der Waals surface area contributed by atoms with Gasteiger partial charge in [0.1, 0.15) is 23.4 Å². The first-order valence-electron chi connectivity index (χ1n) is 11.5. The zero-order valence-electron chi connectivity index (χ0n) is 19.4. The maximum Gasteiger partial charge on any atom is 0.296 e. The summed E-state index contributed by atoms with van der Waals surface area (Å²) in [5.41, 5.74) is 3.46. The van der Waals surface area contributed by atoms with E-state index >= 15 is 0 Å². The summed E-state index contributed by atoms with van der Waals surface area (Å²) < 4.78 is 11.2. The Morgan fingerprint density at radius 2 is 1.88 bits per heavy atom. The predicted molar refractivity (Wildman–Crippen MR) is 127 cm³/mol. The molecular formula is C28H27NO5. The normalized spacial score (nSPS) is 21.2. The number of hydrogen-bond acceptors (Lipinski definition) is 5. The first kappa shape index (κ1) is 22.0. The Kier molecular flexibility index (Phi) is 5.52. The molecule has 6 nitrogen and oxygen atoms in total. The van der Waals surface area contributed by atoms with Crippen LogP contribution in [-0.4, -0.2) is 27.8 Å². The van der Waals surface area contributed by atoms with Gasteiger partial charge in [-0.25, -0.2) is 0 Å². The van der Waals surface area contributed by atoms with Gasteiger partial charge in [-0.2, -0.15) is 0 Å². The lowest BCUT2D eigenvalue weighted by atomic mass is 9.92. The van der Waals surface area contributed by atoms with E-state index in [1.54, 1.807) is 24.3 Å². The summed E-state index contributed by atoms with van der Waals surface area (Å²) in [6, 6.07) is 16.0. The molecule has 0 radical (unpaired) electrons. The van der Waals surface area contributed by atoms with Crippen LogP contribution in [0.4, 0.5) is 0 Å². The maximum absolute atomic E-state index is 13.2. The highest BCUT2D eigenvalue weighted by Gasteiger charge is 2.46. The third-order valence-corrected chi connectivity index (χ3v) is 6.53. The first-order chi connectivity index (χ1) is 16.3. The number of benzene rings is 2. The van der Waals surface area contributed by atoms with Crippen LogP contribution in [0.15, 0.2) is 70.9 Å². The average Bonchev–Trinajstić information content (AvgIpc) is 3.53. The van der Waals surface area contributed by atoms with Gasteiger partial charge >= 0.3 is 0 Å². The minimum atomic E-state index is -0.727. The lowest BCUT2D eigenvalue weighted by molar-refractivity contribution is -0.140. The molecule has 6 heteroatoms. The molecule has 2 aliphatic rings. The van der Waals surface area contributed by atoms with Crippen LogP contribution in [0.2, 0.25) is 0 Å². The molecule has 2 atom stereocenters. The molecule has 1 fully saturated rings. The first-order valence-corrected chi connectivity index (χ1v) is 11.5. The molecule has 0 saturated carbocycles. The number of aliphatic hydroxyl groups is 1. The van der Waals surface area contributed by atoms with Crippen molar-refractivity contribution in [3.05, 3.63) is 94.4 Å². The molecule has 174 valence electrons. The quantitative estimate of drug-likeness (QED) is 0.317. The number of nitrogens with zero attached hydrogens (tertiary/aromatic N) is 1. The summed E-state index contributed by atoms with van der Waals surface area (Å²) in [6.45, 7) is 6.33. The highest BCUT2D eigenvalue weighted by molar-refractivity contribution is 6.46. The second-order valence-corrected chi connectivity index (χ2v) is 9.28. The Labute approximate surface area is 198 Å². The summed E-state index contributed by atoms with van der Waals surface area (Å²) >= 11 is 0. The van der Waals surface area contributed by atoms with Gasteiger partial charge < -0.3 is 19.2 Å². The van der Waals surface area contributed by atoms with Gasteiger partial charge in [-0.3, -0.25) is 9.59 Å². The summed E-state index contributed by atoms with van der Waals surface area (Å²) in [5.74, 6) is 0.152. The standard InChI is InChI=1S/C28H27NO5/c1-16(2)18-6-8-19(9-7-18)25-24(27(31)28(32)29(25)15-22-5-4-12-33-22)26(30)20-10-11-23-21(14-20)13-17(3)34-23/h4-12,14,16-17,25,30H,13,15H2,1-3H3/b26-24+/t17-,25-/m1/s1. The van der Waals surface area contributed by atoms with Crippen molar-refractivity contribution in [2.45, 2.75) is 51.8 Å². The van der Waals surface area contributed by atoms with E-state index in [-0.39, 0.29) is 24.0 Å². The largest absolute Gasteiger partial charge is 0.507 e. The van der Waals surface area contributed by atoms with Gasteiger partial charge in [-0.1, -0.05) is 38.1 Å². The molecule has 1 N–H and O–H groups in total. The van der Waals surface area contributed by atoms with Crippen molar-refractivity contribution in [2.24, 2.45) is 0 Å². The molecule has 3 heterocycles. The summed E-state index contributed by atoms with van der Waals surface area (Å²) in [4.78, 5) is 27.8. The lowest BCUT2D eigenvalue weighted by Crippen LogP contribution is -2.29. The molecule has 0 bridgehead atoms. The average molecular weight is 458 g/mol. The van der Waals surface area contributed by atoms with E-state index in [9.17, 15) is 14.7 Å². The number of hydrogen-bond donors (Lipinski definition) is 1. The molecular weight excluding hydrogens is 430 g/mol. The summed E-state index contributed by atoms with van der Waals surface area (Å²) in [6.07, 6.45) is 2.32. The minimum Gasteiger partial charge on any atom is -0.507 e. The molecule has 1 aromatic heterocycles. The van der Waals surface area contributed by atoms with Crippen molar-refractivity contribution in [1.29, 1.82) is 0 Å². The van der Waals surface area contributed by atoms with E-state index in [4.69, 9.17) is 9.15 Å². The number of Topliss-reactive ketones (excluding diaryl/α,β-unsaturated/α-hetero) is 1. The van der Waals surface area contributed by atoms with Crippen LogP contribution in [0.5, 0.6) is 5.75 Å². The van der Waals surface area contributed by atoms with E-state index < -0.39 is 17.7 Å². The number of aliphatic hydroxyl groups excluding tert-OH is 1. The van der Waals surface area contributed by atoms with Crippen LogP contribution in [0.1, 0.15) is 60.7 Å². The number of carbonyl (C=O) groups excluding carboxylic acids is 2. The van der Waals surface area contributed by atoms with Crippen molar-refractivity contribution in [3.8, 4) is 5.75 Å². The molecule has 0 aliphatic carbocycles. The Balaban J connectivity index is 1.62. The van der Waals surface area contributed by atoms with Gasteiger partial charge in [0.05, 0.1) is 24.4 Å². The highest BCUT2D eigenvalue weighted by atomic mass is 16.5. The van der Waals surface area contributed by atoms with Gasteiger partial charge in [0.2, 0.25) is 0 Å². The number of furan rings is 1. The third-order valence-electron chi connectivity index (χ3n) is 6.53. The van der Waals surface area contributed by atoms with Gasteiger partial charge in [0, 0.05) is 12.0 Å². The second kappa shape index (κ2) is 8.52. The van der Waals surface area contributed by atoms with Gasteiger partial charge in [0.15, 0.2) is 0 Å². The van der Waals surface area contributed by atoms with E-state index in [0.29, 0.717) is 17.2 Å². The molecule has 0 unspecified atom stereocenters. The van der Waals surface area contributed by atoms with Gasteiger partial charge in [-0.15, -0.1) is 0 Å². The molecule has 3 aromatic rings. The van der Waals surface area contributed by atoms with Crippen LogP contribution in [0.25, 0.3) is 5.76 Å². The SMILES string of the molecule is CC(C)c1ccc([C@@H]2/C(=C(\O)c3ccc4c(c3)C[C@@H](C)O4)C(=O)C(=O)N2Cc2ccco2)cc1. The van der Waals surface area contributed by atoms with E-state index in [2.05, 4.69) is 13.8 Å². The molecule has 1 amide bonds. The predicted octanol–water partition coefficient (Wildman–Crippen LogP) is 5.35. The highest BCUT2D eigenvalue weighted by Crippen LogP contribution is 2.41. The smallest absolute Gasteiger partial charge is 0.296 e. The number of ketones is 1. The van der Waals surface area contributed by atoms with E-state index in [0.717, 1.165) is 28.9 Å². The molecule has 34 heavy (non-hydrogen) atoms. The minimum absolute atomic E-state index is 0.0609. The fraction of sp³-hybridized carbons (Fsp3) is 0.286. The van der Waals surface area contributed by atoms with Crippen LogP contribution in [-0.2, 0) is 22.6 Å². The Hall–Kier alpha value is -3.80. The Morgan fingerprint density at radius 1 is 1.12 bits per heavy atom. The fourth-order valence-electron chi connectivity index (χ4n) is 4.75. The number of carbonyl (C=O) groups is 2. The van der Waals surface area contributed by atoms with Crippen LogP contribution < -0.4 is 4.74 Å². The fourth-order valence-corrected chi connectivity index (χ4v) is 4.75. The monoisotopic (exact) mass is 457 g/mol. The van der Waals surface area contributed by atoms with Crippen LogP contribution >= 0.6 is 0 Å². The zero-order chi connectivity index (χ0) is 24.0. The molecule has 2 aromatic carbocycles. The van der Waals surface area contributed by atoms with Crippen molar-refractivity contribution >= 4 is 17.4 Å². The van der Waals surface area contributed by atoms with E-state index in [1.807, 2.05) is 37.3 Å². The Bertz CT molecular complexity index is 1270. The number of likely N-dealkylation sites (tertiary alicyclic amines) is 1. The molecule has 0 spiro atoms. The number of fused-ring (bicyclic) bond motifs is 1. The molecule has 2 aliphatic heterocycles. The van der Waals surface area contributed by atoms with Gasteiger partial charge in [0.25, 0.3) is 11.7 Å². The third kappa shape index (κ3) is 3.79. The van der Waals surface area contributed by atoms with Crippen molar-refractivity contribution in [3.63, 3.8) is 0 Å². The number of ether oxygens (including phenoxy) is 1. The maximum atomic E-state index is 13.2. The van der Waals surface area contributed by atoms with E-state index in [1.165, 1.54) is 11.2 Å². The summed E-state index contributed by atoms with van der Waals surface area (Å²) in [7, 11) is 0. The lowest BCUT2D eigenvalue weighted by Gasteiger charge is -2.25. The molecule has 5 rings (SSSR count). The van der Waals surface area contributed by atoms with Crippen molar-refractivity contribution in [1.82, 2.24) is 4.90 Å². The molecule has 1 saturated heterocycles. The van der Waals surface area contributed by atoms with Crippen molar-refractivity contribution < 1.29 is 23.8 Å². The van der Waals surface area contributed by atoms with Crippen molar-refractivity contribution in [2.75, 3.05) is 0 Å².